The molecule has 1 amide bonds. The number of hydrogen-bond acceptors (Lipinski definition) is 3. The smallest absolute Gasteiger partial charge is 0.407 e. The van der Waals surface area contributed by atoms with Gasteiger partial charge in [0.05, 0.1) is 0 Å². The molecule has 0 spiro atoms. The molecule has 0 radical (unpaired) electrons. The van der Waals surface area contributed by atoms with Gasteiger partial charge >= 0.3 is 6.09 Å². The summed E-state index contributed by atoms with van der Waals surface area (Å²) >= 11 is 0. The monoisotopic (exact) mass is 254 g/mol. The number of nitrogens with two attached hydrogens (primary N) is 1. The van der Waals surface area contributed by atoms with Gasteiger partial charge in [-0.15, -0.1) is 6.58 Å². The summed E-state index contributed by atoms with van der Waals surface area (Å²) in [5.74, 6) is 0. The van der Waals surface area contributed by atoms with E-state index in [0.29, 0.717) is 0 Å². The van der Waals surface area contributed by atoms with E-state index >= 15 is 0 Å². The van der Waals surface area contributed by atoms with Gasteiger partial charge in [-0.25, -0.2) is 4.79 Å². The summed E-state index contributed by atoms with van der Waals surface area (Å²) in [5, 5.41) is 2.91. The molecule has 0 atom stereocenters. The highest BCUT2D eigenvalue weighted by Gasteiger charge is 2.31. The van der Waals surface area contributed by atoms with Crippen LogP contribution < -0.4 is 11.1 Å². The van der Waals surface area contributed by atoms with Gasteiger partial charge in [-0.3, -0.25) is 0 Å². The molecule has 104 valence electrons. The van der Waals surface area contributed by atoms with E-state index in [-0.39, 0.29) is 17.7 Å². The fourth-order valence-electron chi connectivity index (χ4n) is 2.30. The van der Waals surface area contributed by atoms with Crippen LogP contribution in [0.4, 0.5) is 4.79 Å². The number of carbonyl (C=O) groups excluding carboxylic acids is 1. The minimum atomic E-state index is -0.445. The highest BCUT2D eigenvalue weighted by Crippen LogP contribution is 2.29. The van der Waals surface area contributed by atoms with E-state index in [1.54, 1.807) is 0 Å². The molecule has 0 aliphatic heterocycles. The predicted octanol–water partition coefficient (Wildman–Crippen LogP) is 2.73. The van der Waals surface area contributed by atoms with Gasteiger partial charge in [0.25, 0.3) is 0 Å². The maximum absolute atomic E-state index is 11.6. The van der Waals surface area contributed by atoms with Crippen LogP contribution in [0.1, 0.15) is 52.9 Å². The second kappa shape index (κ2) is 5.74. The average Bonchev–Trinajstić information content (AvgIpc) is 2.19. The van der Waals surface area contributed by atoms with Crippen LogP contribution in [-0.2, 0) is 4.74 Å². The van der Waals surface area contributed by atoms with Crippen molar-refractivity contribution in [2.75, 3.05) is 0 Å². The van der Waals surface area contributed by atoms with E-state index in [9.17, 15) is 4.79 Å². The number of ether oxygens (including phenoxy) is 1. The lowest BCUT2D eigenvalue weighted by Crippen LogP contribution is -2.48. The summed E-state index contributed by atoms with van der Waals surface area (Å²) in [6.45, 7) is 9.33. The number of alkyl carbamates (subject to hydrolysis) is 1. The van der Waals surface area contributed by atoms with E-state index in [2.05, 4.69) is 11.9 Å². The first-order valence-electron chi connectivity index (χ1n) is 6.63. The normalized spacial score (nSPS) is 28.6. The third kappa shape index (κ3) is 5.08. The molecule has 0 aromatic heterocycles. The zero-order valence-corrected chi connectivity index (χ0v) is 11.8. The second-order valence-corrected chi connectivity index (χ2v) is 6.28. The minimum Gasteiger partial charge on any atom is -0.444 e. The van der Waals surface area contributed by atoms with Gasteiger partial charge < -0.3 is 15.8 Å². The Hall–Kier alpha value is -1.03. The maximum atomic E-state index is 11.6. The van der Waals surface area contributed by atoms with Crippen molar-refractivity contribution in [1.29, 1.82) is 0 Å². The van der Waals surface area contributed by atoms with Gasteiger partial charge in [0.15, 0.2) is 0 Å². The van der Waals surface area contributed by atoms with E-state index in [1.807, 2.05) is 26.8 Å². The zero-order valence-electron chi connectivity index (χ0n) is 11.8. The van der Waals surface area contributed by atoms with Crippen LogP contribution in [0.2, 0.25) is 0 Å². The summed E-state index contributed by atoms with van der Waals surface area (Å²) in [4.78, 5) is 11.6. The minimum absolute atomic E-state index is 0.131. The molecule has 0 bridgehead atoms. The number of rotatable bonds is 3. The molecule has 1 aliphatic carbocycles. The summed E-state index contributed by atoms with van der Waals surface area (Å²) < 4.78 is 5.24. The Morgan fingerprint density at radius 2 is 2.06 bits per heavy atom. The molecule has 1 fully saturated rings. The summed E-state index contributed by atoms with van der Waals surface area (Å²) in [6.07, 6.45) is 6.03. The quantitative estimate of drug-likeness (QED) is 0.761. The highest BCUT2D eigenvalue weighted by molar-refractivity contribution is 5.68. The Balaban J connectivity index is 2.35. The van der Waals surface area contributed by atoms with Crippen molar-refractivity contribution in [2.24, 2.45) is 5.73 Å². The number of amides is 1. The molecule has 4 nitrogen and oxygen atoms in total. The molecule has 0 aromatic rings. The van der Waals surface area contributed by atoms with E-state index < -0.39 is 5.60 Å². The Labute approximate surface area is 110 Å². The van der Waals surface area contributed by atoms with Crippen LogP contribution in [0.3, 0.4) is 0 Å². The first-order valence-corrected chi connectivity index (χ1v) is 6.63. The molecule has 3 N–H and O–H groups in total. The first-order chi connectivity index (χ1) is 8.24. The topological polar surface area (TPSA) is 64.3 Å². The van der Waals surface area contributed by atoms with Gasteiger partial charge in [0.1, 0.15) is 5.60 Å². The molecule has 1 aliphatic rings. The molecule has 0 heterocycles. The third-order valence-electron chi connectivity index (χ3n) is 3.25. The molecule has 4 heteroatoms. The van der Waals surface area contributed by atoms with Crippen LogP contribution in [0, 0.1) is 0 Å². The van der Waals surface area contributed by atoms with Crippen LogP contribution in [0.5, 0.6) is 0 Å². The van der Waals surface area contributed by atoms with Gasteiger partial charge in [-0.2, -0.15) is 0 Å². The lowest BCUT2D eigenvalue weighted by atomic mass is 9.78. The summed E-state index contributed by atoms with van der Waals surface area (Å²) in [6, 6.07) is 0.182. The molecular formula is C14H26N2O2. The lowest BCUT2D eigenvalue weighted by Gasteiger charge is -2.37. The Morgan fingerprint density at radius 1 is 1.50 bits per heavy atom. The van der Waals surface area contributed by atoms with Crippen molar-refractivity contribution < 1.29 is 9.53 Å². The van der Waals surface area contributed by atoms with E-state index in [0.717, 1.165) is 32.1 Å². The third-order valence-corrected chi connectivity index (χ3v) is 3.25. The Morgan fingerprint density at radius 3 is 2.50 bits per heavy atom. The van der Waals surface area contributed by atoms with Crippen LogP contribution in [-0.4, -0.2) is 23.3 Å². The van der Waals surface area contributed by atoms with Crippen molar-refractivity contribution in [3.63, 3.8) is 0 Å². The molecule has 1 rings (SSSR count). The summed E-state index contributed by atoms with van der Waals surface area (Å²) in [5.41, 5.74) is 5.67. The fraction of sp³-hybridized carbons (Fsp3) is 0.786. The largest absolute Gasteiger partial charge is 0.444 e. The number of nitrogens with one attached hydrogen (secondary N) is 1. The lowest BCUT2D eigenvalue weighted by molar-refractivity contribution is 0.0484. The second-order valence-electron chi connectivity index (χ2n) is 6.28. The van der Waals surface area contributed by atoms with Gasteiger partial charge in [-0.05, 0) is 52.9 Å². The zero-order chi connectivity index (χ0) is 13.8. The van der Waals surface area contributed by atoms with Gasteiger partial charge in [-0.1, -0.05) is 6.08 Å². The summed E-state index contributed by atoms with van der Waals surface area (Å²) in [7, 11) is 0. The Bertz CT molecular complexity index is 299. The molecule has 18 heavy (non-hydrogen) atoms. The molecule has 0 aromatic carbocycles. The number of carbonyl (C=O) groups is 1. The van der Waals surface area contributed by atoms with Crippen LogP contribution in [0.25, 0.3) is 0 Å². The molecule has 1 saturated carbocycles. The molecule has 0 unspecified atom stereocenters. The van der Waals surface area contributed by atoms with Crippen molar-refractivity contribution in [2.45, 2.75) is 70.1 Å². The van der Waals surface area contributed by atoms with Crippen LogP contribution in [0.15, 0.2) is 12.7 Å². The highest BCUT2D eigenvalue weighted by atomic mass is 16.6. The number of hydrogen-bond donors (Lipinski definition) is 2. The standard InChI is InChI=1S/C14H26N2O2/c1-5-8-14(15)9-6-11(7-10-14)16-12(17)18-13(2,3)4/h5,11H,1,6-10,15H2,2-4H3,(H,16,17). The Kier molecular flexibility index (Phi) is 4.79. The van der Waals surface area contributed by atoms with Crippen molar-refractivity contribution in [3.05, 3.63) is 12.7 Å². The van der Waals surface area contributed by atoms with Crippen LogP contribution >= 0.6 is 0 Å². The van der Waals surface area contributed by atoms with Crippen molar-refractivity contribution in [3.8, 4) is 0 Å². The van der Waals surface area contributed by atoms with Gasteiger partial charge in [0, 0.05) is 11.6 Å². The fourth-order valence-corrected chi connectivity index (χ4v) is 2.30. The first kappa shape index (κ1) is 15.0. The van der Waals surface area contributed by atoms with Crippen molar-refractivity contribution >= 4 is 6.09 Å². The molecule has 0 saturated heterocycles. The average molecular weight is 254 g/mol. The van der Waals surface area contributed by atoms with Gasteiger partial charge in [0.2, 0.25) is 0 Å². The maximum Gasteiger partial charge on any atom is 0.407 e. The SMILES string of the molecule is C=CCC1(N)CCC(NC(=O)OC(C)(C)C)CC1. The van der Waals surface area contributed by atoms with E-state index in [1.165, 1.54) is 0 Å². The van der Waals surface area contributed by atoms with E-state index in [4.69, 9.17) is 10.5 Å². The predicted molar refractivity (Wildman–Crippen MR) is 73.4 cm³/mol. The van der Waals surface area contributed by atoms with Crippen molar-refractivity contribution in [1.82, 2.24) is 5.32 Å². The molecular weight excluding hydrogens is 228 g/mol.